The number of aromatic nitrogens is 1. The van der Waals surface area contributed by atoms with Gasteiger partial charge in [0.2, 0.25) is 0 Å². The third-order valence-corrected chi connectivity index (χ3v) is 4.31. The van der Waals surface area contributed by atoms with Gasteiger partial charge in [-0.05, 0) is 54.0 Å². The first-order valence-electron chi connectivity index (χ1n) is 8.11. The normalized spacial score (nSPS) is 14.4. The highest BCUT2D eigenvalue weighted by Gasteiger charge is 2.21. The second-order valence-electron chi connectivity index (χ2n) is 7.27. The van der Waals surface area contributed by atoms with Gasteiger partial charge in [0.25, 0.3) is 0 Å². The molecule has 23 heavy (non-hydrogen) atoms. The van der Waals surface area contributed by atoms with Crippen molar-refractivity contribution in [2.75, 3.05) is 20.1 Å². The molecule has 0 aliphatic heterocycles. The van der Waals surface area contributed by atoms with Gasteiger partial charge in [0.05, 0.1) is 10.7 Å². The Morgan fingerprint density at radius 1 is 1.35 bits per heavy atom. The monoisotopic (exact) mass is 341 g/mol. The zero-order chi connectivity index (χ0) is 17.8. The maximum absolute atomic E-state index is 12.0. The molecule has 1 N–H and O–H groups in total. The topological polar surface area (TPSA) is 54.5 Å². The van der Waals surface area contributed by atoms with E-state index in [1.807, 2.05) is 27.7 Å². The van der Waals surface area contributed by atoms with Crippen LogP contribution in [0.15, 0.2) is 0 Å². The van der Waals surface area contributed by atoms with Crippen molar-refractivity contribution in [3.05, 3.63) is 15.6 Å². The smallest absolute Gasteiger partial charge is 0.410 e. The van der Waals surface area contributed by atoms with Gasteiger partial charge < -0.3 is 15.0 Å². The number of rotatable bonds is 6. The lowest BCUT2D eigenvalue weighted by molar-refractivity contribution is 0.0276. The summed E-state index contributed by atoms with van der Waals surface area (Å²) in [5, 5.41) is 4.61. The van der Waals surface area contributed by atoms with Crippen molar-refractivity contribution in [1.29, 1.82) is 0 Å². The molecule has 0 saturated heterocycles. The van der Waals surface area contributed by atoms with E-state index in [2.05, 4.69) is 31.1 Å². The third-order valence-electron chi connectivity index (χ3n) is 3.41. The maximum atomic E-state index is 12.0. The van der Waals surface area contributed by atoms with Crippen molar-refractivity contribution in [2.24, 2.45) is 5.92 Å². The van der Waals surface area contributed by atoms with Gasteiger partial charge in [-0.2, -0.15) is 0 Å². The molecule has 2 atom stereocenters. The van der Waals surface area contributed by atoms with E-state index in [0.29, 0.717) is 12.5 Å². The fourth-order valence-electron chi connectivity index (χ4n) is 2.37. The van der Waals surface area contributed by atoms with Gasteiger partial charge in [-0.25, -0.2) is 9.78 Å². The Hall–Kier alpha value is -1.14. The zero-order valence-corrected chi connectivity index (χ0v) is 16.5. The SMILES string of the molecule is Cc1nc(C(C)NCC(C)CN(C)C(=O)OC(C)(C)C)c(C)s1. The van der Waals surface area contributed by atoms with Gasteiger partial charge in [0, 0.05) is 24.5 Å². The Labute approximate surface area is 144 Å². The molecule has 0 fully saturated rings. The summed E-state index contributed by atoms with van der Waals surface area (Å²) in [5.74, 6) is 0.329. The average molecular weight is 342 g/mol. The van der Waals surface area contributed by atoms with Crippen LogP contribution in [0.2, 0.25) is 0 Å². The number of amides is 1. The van der Waals surface area contributed by atoms with E-state index >= 15 is 0 Å². The molecule has 2 unspecified atom stereocenters. The minimum Gasteiger partial charge on any atom is -0.444 e. The molecule has 0 saturated carbocycles. The van der Waals surface area contributed by atoms with E-state index < -0.39 is 5.60 Å². The number of hydrogen-bond donors (Lipinski definition) is 1. The summed E-state index contributed by atoms with van der Waals surface area (Å²) in [6.45, 7) is 15.5. The van der Waals surface area contributed by atoms with Gasteiger partial charge in [0.1, 0.15) is 5.60 Å². The fraction of sp³-hybridized carbons (Fsp3) is 0.765. The molecule has 132 valence electrons. The average Bonchev–Trinajstić information content (AvgIpc) is 2.73. The molecule has 1 aromatic heterocycles. The van der Waals surface area contributed by atoms with E-state index in [1.165, 1.54) is 4.88 Å². The van der Waals surface area contributed by atoms with Crippen LogP contribution in [0.5, 0.6) is 0 Å². The number of hydrogen-bond acceptors (Lipinski definition) is 5. The van der Waals surface area contributed by atoms with Crippen molar-refractivity contribution < 1.29 is 9.53 Å². The van der Waals surface area contributed by atoms with Gasteiger partial charge in [-0.1, -0.05) is 6.92 Å². The molecule has 6 heteroatoms. The maximum Gasteiger partial charge on any atom is 0.410 e. The molecular weight excluding hydrogens is 310 g/mol. The Kier molecular flexibility index (Phi) is 7.02. The van der Waals surface area contributed by atoms with E-state index in [1.54, 1.807) is 23.3 Å². The van der Waals surface area contributed by atoms with Crippen molar-refractivity contribution >= 4 is 17.4 Å². The number of thiazole rings is 1. The summed E-state index contributed by atoms with van der Waals surface area (Å²) in [4.78, 5) is 19.5. The van der Waals surface area contributed by atoms with Crippen LogP contribution < -0.4 is 5.32 Å². The first kappa shape index (κ1) is 19.9. The van der Waals surface area contributed by atoms with Crippen LogP contribution in [0, 0.1) is 19.8 Å². The van der Waals surface area contributed by atoms with E-state index in [0.717, 1.165) is 17.2 Å². The molecule has 5 nitrogen and oxygen atoms in total. The van der Waals surface area contributed by atoms with Crippen LogP contribution in [0.4, 0.5) is 4.79 Å². The number of carbonyl (C=O) groups is 1. The third kappa shape index (κ3) is 6.87. The Balaban J connectivity index is 2.43. The highest BCUT2D eigenvalue weighted by molar-refractivity contribution is 7.11. The van der Waals surface area contributed by atoms with Crippen LogP contribution in [-0.4, -0.2) is 41.7 Å². The summed E-state index contributed by atoms with van der Waals surface area (Å²) >= 11 is 1.73. The largest absolute Gasteiger partial charge is 0.444 e. The molecule has 0 aliphatic carbocycles. The summed E-state index contributed by atoms with van der Waals surface area (Å²) in [6, 6.07) is 0.217. The Morgan fingerprint density at radius 3 is 2.43 bits per heavy atom. The second kappa shape index (κ2) is 8.11. The highest BCUT2D eigenvalue weighted by atomic mass is 32.1. The van der Waals surface area contributed by atoms with E-state index in [4.69, 9.17) is 4.74 Å². The summed E-state index contributed by atoms with van der Waals surface area (Å²) in [7, 11) is 1.78. The lowest BCUT2D eigenvalue weighted by atomic mass is 10.1. The van der Waals surface area contributed by atoms with E-state index in [-0.39, 0.29) is 12.1 Å². The molecule has 0 aliphatic rings. The minimum absolute atomic E-state index is 0.217. The lowest BCUT2D eigenvalue weighted by Gasteiger charge is -2.27. The van der Waals surface area contributed by atoms with Gasteiger partial charge in [-0.3, -0.25) is 0 Å². The first-order valence-corrected chi connectivity index (χ1v) is 8.92. The standard InChI is InChI=1S/C17H31N3O2S/c1-11(10-20(8)16(21)22-17(5,6)7)9-18-12(2)15-13(3)23-14(4)19-15/h11-12,18H,9-10H2,1-8H3. The number of ether oxygens (including phenoxy) is 1. The highest BCUT2D eigenvalue weighted by Crippen LogP contribution is 2.22. The summed E-state index contributed by atoms with van der Waals surface area (Å²) in [5.41, 5.74) is 0.668. The number of aryl methyl sites for hydroxylation is 2. The van der Waals surface area contributed by atoms with Gasteiger partial charge >= 0.3 is 6.09 Å². The zero-order valence-electron chi connectivity index (χ0n) is 15.7. The molecule has 1 heterocycles. The predicted molar refractivity (Wildman–Crippen MR) is 96.0 cm³/mol. The van der Waals surface area contributed by atoms with Gasteiger partial charge in [0.15, 0.2) is 0 Å². The molecular formula is C17H31N3O2S. The molecule has 1 rings (SSSR count). The fourth-order valence-corrected chi connectivity index (χ4v) is 3.28. The Morgan fingerprint density at radius 2 is 1.96 bits per heavy atom. The van der Waals surface area contributed by atoms with Crippen LogP contribution in [0.25, 0.3) is 0 Å². The Bertz CT molecular complexity index is 522. The molecule has 0 radical (unpaired) electrons. The first-order chi connectivity index (χ1) is 10.5. The molecule has 1 amide bonds. The van der Waals surface area contributed by atoms with Crippen LogP contribution in [0.3, 0.4) is 0 Å². The number of carbonyl (C=O) groups excluding carboxylic acids is 1. The van der Waals surface area contributed by atoms with Crippen LogP contribution in [0.1, 0.15) is 56.2 Å². The van der Waals surface area contributed by atoms with Gasteiger partial charge in [-0.15, -0.1) is 11.3 Å². The van der Waals surface area contributed by atoms with Crippen LogP contribution >= 0.6 is 11.3 Å². The van der Waals surface area contributed by atoms with Crippen molar-refractivity contribution in [3.8, 4) is 0 Å². The van der Waals surface area contributed by atoms with E-state index in [9.17, 15) is 4.79 Å². The second-order valence-corrected chi connectivity index (χ2v) is 8.68. The van der Waals surface area contributed by atoms with Crippen molar-refractivity contribution in [2.45, 2.75) is 60.1 Å². The number of nitrogens with zero attached hydrogens (tertiary/aromatic N) is 2. The molecule has 0 spiro atoms. The minimum atomic E-state index is -0.457. The quantitative estimate of drug-likeness (QED) is 0.852. The van der Waals surface area contributed by atoms with Crippen molar-refractivity contribution in [3.63, 3.8) is 0 Å². The molecule has 0 bridgehead atoms. The predicted octanol–water partition coefficient (Wildman–Crippen LogP) is 3.91. The number of nitrogens with one attached hydrogen (secondary N) is 1. The summed E-state index contributed by atoms with van der Waals surface area (Å²) in [6.07, 6.45) is -0.275. The summed E-state index contributed by atoms with van der Waals surface area (Å²) < 4.78 is 5.37. The van der Waals surface area contributed by atoms with Crippen molar-refractivity contribution in [1.82, 2.24) is 15.2 Å². The molecule has 0 aromatic carbocycles. The lowest BCUT2D eigenvalue weighted by Crippen LogP contribution is -2.38. The molecule has 1 aromatic rings. The van der Waals surface area contributed by atoms with Crippen LogP contribution in [-0.2, 0) is 4.74 Å².